The van der Waals surface area contributed by atoms with Gasteiger partial charge in [-0.3, -0.25) is 4.79 Å². The maximum absolute atomic E-state index is 12.5. The van der Waals surface area contributed by atoms with Crippen LogP contribution in [-0.2, 0) is 20.2 Å². The Morgan fingerprint density at radius 2 is 1.63 bits per heavy atom. The quantitative estimate of drug-likeness (QED) is 0.638. The second-order valence-corrected chi connectivity index (χ2v) is 10.1. The highest BCUT2D eigenvalue weighted by molar-refractivity contribution is 7.89. The largest absolute Gasteiger partial charge is 0.494 e. The minimum absolute atomic E-state index is 0.00436. The summed E-state index contributed by atoms with van der Waals surface area (Å²) in [5, 5.41) is 5.12. The van der Waals surface area contributed by atoms with Gasteiger partial charge in [-0.25, -0.2) is 13.6 Å². The molecule has 1 atom stereocenters. The van der Waals surface area contributed by atoms with E-state index in [0.29, 0.717) is 19.4 Å². The molecular formula is C23H32N2O4S. The first kappa shape index (κ1) is 23.9. The van der Waals surface area contributed by atoms with Crippen molar-refractivity contribution in [3.05, 3.63) is 59.7 Å². The Bertz CT molecular complexity index is 946. The molecule has 0 bridgehead atoms. The van der Waals surface area contributed by atoms with Gasteiger partial charge in [-0.1, -0.05) is 45.0 Å². The maximum atomic E-state index is 12.5. The molecule has 0 radical (unpaired) electrons. The van der Waals surface area contributed by atoms with E-state index in [9.17, 15) is 13.2 Å². The third kappa shape index (κ3) is 6.57. The monoisotopic (exact) mass is 432 g/mol. The molecule has 2 rings (SSSR count). The number of sulfonamides is 1. The molecule has 0 heterocycles. The van der Waals surface area contributed by atoms with Crippen LogP contribution < -0.4 is 9.88 Å². The van der Waals surface area contributed by atoms with Crippen molar-refractivity contribution in [1.82, 2.24) is 4.90 Å². The lowest BCUT2D eigenvalue weighted by Crippen LogP contribution is -2.29. The molecule has 2 aromatic rings. The first-order valence-corrected chi connectivity index (χ1v) is 11.6. The van der Waals surface area contributed by atoms with Crippen LogP contribution in [0.15, 0.2) is 53.4 Å². The van der Waals surface area contributed by atoms with Crippen molar-refractivity contribution >= 4 is 15.9 Å². The van der Waals surface area contributed by atoms with Gasteiger partial charge >= 0.3 is 0 Å². The molecule has 6 nitrogen and oxygen atoms in total. The van der Waals surface area contributed by atoms with E-state index in [-0.39, 0.29) is 22.3 Å². The molecule has 2 aromatic carbocycles. The van der Waals surface area contributed by atoms with Crippen LogP contribution in [0.3, 0.4) is 0 Å². The fourth-order valence-electron chi connectivity index (χ4n) is 3.02. The summed E-state index contributed by atoms with van der Waals surface area (Å²) < 4.78 is 28.5. The van der Waals surface area contributed by atoms with E-state index in [1.807, 2.05) is 19.1 Å². The third-order valence-electron chi connectivity index (χ3n) is 5.19. The van der Waals surface area contributed by atoms with Gasteiger partial charge in [-0.15, -0.1) is 0 Å². The van der Waals surface area contributed by atoms with E-state index in [4.69, 9.17) is 9.88 Å². The van der Waals surface area contributed by atoms with Crippen molar-refractivity contribution in [3.8, 4) is 5.75 Å². The molecule has 30 heavy (non-hydrogen) atoms. The van der Waals surface area contributed by atoms with Gasteiger partial charge in [0.25, 0.3) is 0 Å². The number of nitrogens with two attached hydrogens (primary N) is 1. The van der Waals surface area contributed by atoms with Gasteiger partial charge in [0.05, 0.1) is 17.5 Å². The van der Waals surface area contributed by atoms with Crippen LogP contribution in [-0.4, -0.2) is 32.9 Å². The van der Waals surface area contributed by atoms with E-state index in [1.165, 1.54) is 17.7 Å². The summed E-state index contributed by atoms with van der Waals surface area (Å²) in [4.78, 5) is 14.2. The number of rotatable bonds is 8. The molecule has 0 saturated carbocycles. The molecule has 0 aliphatic rings. The minimum atomic E-state index is -3.72. The normalized spacial score (nSPS) is 13.0. The van der Waals surface area contributed by atoms with Crippen LogP contribution in [0.1, 0.15) is 57.7 Å². The fourth-order valence-corrected chi connectivity index (χ4v) is 3.53. The number of carbonyl (C=O) groups excluding carboxylic acids is 1. The highest BCUT2D eigenvalue weighted by Crippen LogP contribution is 2.24. The average molecular weight is 433 g/mol. The lowest BCUT2D eigenvalue weighted by atomic mass is 9.87. The molecule has 0 fully saturated rings. The van der Waals surface area contributed by atoms with Crippen LogP contribution >= 0.6 is 0 Å². The van der Waals surface area contributed by atoms with Crippen LogP contribution in [0.4, 0.5) is 0 Å². The molecule has 0 aliphatic heterocycles. The lowest BCUT2D eigenvalue weighted by Gasteiger charge is -2.25. The van der Waals surface area contributed by atoms with Crippen molar-refractivity contribution < 1.29 is 17.9 Å². The smallest absolute Gasteiger partial charge is 0.238 e. The van der Waals surface area contributed by atoms with Crippen molar-refractivity contribution in [2.45, 2.75) is 56.9 Å². The number of primary sulfonamides is 1. The Morgan fingerprint density at radius 1 is 1.07 bits per heavy atom. The van der Waals surface area contributed by atoms with E-state index < -0.39 is 10.0 Å². The molecular weight excluding hydrogens is 400 g/mol. The number of hydrogen-bond acceptors (Lipinski definition) is 4. The predicted octanol–water partition coefficient (Wildman–Crippen LogP) is 4.01. The first-order chi connectivity index (χ1) is 13.9. The molecule has 1 unspecified atom stereocenters. The second kappa shape index (κ2) is 9.62. The molecule has 0 aromatic heterocycles. The number of ether oxygens (including phenoxy) is 1. The number of carbonyl (C=O) groups is 1. The number of hydrogen-bond donors (Lipinski definition) is 1. The third-order valence-corrected chi connectivity index (χ3v) is 6.12. The molecule has 0 aliphatic carbocycles. The molecule has 1 amide bonds. The predicted molar refractivity (Wildman–Crippen MR) is 119 cm³/mol. The standard InChI is InChI=1S/C23H32N2O4S/c1-17(18-8-14-21(15-9-18)30(24,27)28)25(5)22(26)7-6-16-29-20-12-10-19(11-13-20)23(2,3)4/h8-15,17H,6-7,16H2,1-5H3,(H2,24,27,28). The number of amides is 1. The maximum Gasteiger partial charge on any atom is 0.238 e. The Balaban J connectivity index is 1.82. The first-order valence-electron chi connectivity index (χ1n) is 10.0. The molecule has 2 N–H and O–H groups in total. The Morgan fingerprint density at radius 3 is 2.13 bits per heavy atom. The van der Waals surface area contributed by atoms with Crippen molar-refractivity contribution in [3.63, 3.8) is 0 Å². The van der Waals surface area contributed by atoms with E-state index in [0.717, 1.165) is 11.3 Å². The van der Waals surface area contributed by atoms with E-state index in [1.54, 1.807) is 24.1 Å². The van der Waals surface area contributed by atoms with Crippen molar-refractivity contribution in [1.29, 1.82) is 0 Å². The lowest BCUT2D eigenvalue weighted by molar-refractivity contribution is -0.132. The summed E-state index contributed by atoms with van der Waals surface area (Å²) in [5.74, 6) is 0.803. The van der Waals surface area contributed by atoms with Gasteiger partial charge in [-0.2, -0.15) is 0 Å². The summed E-state index contributed by atoms with van der Waals surface area (Å²) in [6.45, 7) is 8.87. The Hall–Kier alpha value is -2.38. The van der Waals surface area contributed by atoms with Crippen LogP contribution in [0.5, 0.6) is 5.75 Å². The van der Waals surface area contributed by atoms with Crippen LogP contribution in [0, 0.1) is 0 Å². The molecule has 164 valence electrons. The van der Waals surface area contributed by atoms with Crippen molar-refractivity contribution in [2.24, 2.45) is 5.14 Å². The topological polar surface area (TPSA) is 89.7 Å². The van der Waals surface area contributed by atoms with Crippen molar-refractivity contribution in [2.75, 3.05) is 13.7 Å². The summed E-state index contributed by atoms with van der Waals surface area (Å²) >= 11 is 0. The summed E-state index contributed by atoms with van der Waals surface area (Å²) in [5.41, 5.74) is 2.19. The molecule has 0 saturated heterocycles. The minimum Gasteiger partial charge on any atom is -0.494 e. The van der Waals surface area contributed by atoms with Gasteiger partial charge in [0.1, 0.15) is 5.75 Å². The number of benzene rings is 2. The SMILES string of the molecule is CC(c1ccc(S(N)(=O)=O)cc1)N(C)C(=O)CCCOc1ccc(C(C)(C)C)cc1. The van der Waals surface area contributed by atoms with Crippen LogP contribution in [0.25, 0.3) is 0 Å². The second-order valence-electron chi connectivity index (χ2n) is 8.52. The van der Waals surface area contributed by atoms with Gasteiger partial charge in [0.2, 0.25) is 15.9 Å². The van der Waals surface area contributed by atoms with Crippen LogP contribution in [0.2, 0.25) is 0 Å². The summed E-state index contributed by atoms with van der Waals surface area (Å²) in [7, 11) is -1.98. The zero-order valence-electron chi connectivity index (χ0n) is 18.4. The number of nitrogens with zero attached hydrogens (tertiary/aromatic N) is 1. The van der Waals surface area contributed by atoms with Gasteiger partial charge in [0.15, 0.2) is 0 Å². The summed E-state index contributed by atoms with van der Waals surface area (Å²) in [6, 6.07) is 14.1. The molecule has 0 spiro atoms. The van der Waals surface area contributed by atoms with Gasteiger partial charge in [0, 0.05) is 13.5 Å². The van der Waals surface area contributed by atoms with Gasteiger partial charge < -0.3 is 9.64 Å². The summed E-state index contributed by atoms with van der Waals surface area (Å²) in [6.07, 6.45) is 0.984. The highest BCUT2D eigenvalue weighted by atomic mass is 32.2. The van der Waals surface area contributed by atoms with E-state index >= 15 is 0 Å². The Kier molecular flexibility index (Phi) is 7.66. The zero-order chi connectivity index (χ0) is 22.5. The fraction of sp³-hybridized carbons (Fsp3) is 0.435. The average Bonchev–Trinajstić information content (AvgIpc) is 2.69. The zero-order valence-corrected chi connectivity index (χ0v) is 19.2. The molecule has 7 heteroatoms. The Labute approximate surface area is 180 Å². The van der Waals surface area contributed by atoms with E-state index in [2.05, 4.69) is 32.9 Å². The highest BCUT2D eigenvalue weighted by Gasteiger charge is 2.18. The van der Waals surface area contributed by atoms with Gasteiger partial charge in [-0.05, 0) is 54.2 Å².